The third-order valence-corrected chi connectivity index (χ3v) is 6.51. The first-order chi connectivity index (χ1) is 17.1. The lowest BCUT2D eigenvalue weighted by Gasteiger charge is -2.27. The molecule has 1 N–H and O–H groups in total. The zero-order chi connectivity index (χ0) is 26.0. The molecule has 10 nitrogen and oxygen atoms in total. The van der Waals surface area contributed by atoms with Crippen molar-refractivity contribution in [1.82, 2.24) is 4.90 Å². The monoisotopic (exact) mass is 512 g/mol. The van der Waals surface area contributed by atoms with Gasteiger partial charge in [0.1, 0.15) is 9.84 Å². The molecule has 0 bridgehead atoms. The molecular formula is C25H24N2O8S. The first-order valence-corrected chi connectivity index (χ1v) is 13.0. The van der Waals surface area contributed by atoms with Crippen molar-refractivity contribution in [3.8, 4) is 11.5 Å². The molecule has 11 heteroatoms. The Morgan fingerprint density at radius 3 is 2.50 bits per heavy atom. The standard InChI is InChI=1S/C25H24N2O8S/c1-4-34-21-13-15(10-11-19(21)33-2)18(14-36(3,31)32)27-24(29)16-7-5-8-17(22(16)25(27)30)26-23(28)20-9-6-12-35-20/h5-13,18H,4,14H2,1-3H3,(H,26,28). The summed E-state index contributed by atoms with van der Waals surface area (Å²) < 4.78 is 40.7. The van der Waals surface area contributed by atoms with Crippen LogP contribution in [0.25, 0.3) is 0 Å². The molecule has 3 aromatic rings. The predicted molar refractivity (Wildman–Crippen MR) is 130 cm³/mol. The number of fused-ring (bicyclic) bond motifs is 1. The Kier molecular flexibility index (Phi) is 6.84. The number of sulfone groups is 1. The van der Waals surface area contributed by atoms with Crippen molar-refractivity contribution >= 4 is 33.2 Å². The summed E-state index contributed by atoms with van der Waals surface area (Å²) in [6.07, 6.45) is 2.36. The van der Waals surface area contributed by atoms with E-state index in [1.165, 1.54) is 37.6 Å². The van der Waals surface area contributed by atoms with E-state index >= 15 is 0 Å². The van der Waals surface area contributed by atoms with Crippen LogP contribution in [0.2, 0.25) is 0 Å². The number of hydrogen-bond acceptors (Lipinski definition) is 8. The van der Waals surface area contributed by atoms with E-state index in [0.29, 0.717) is 23.7 Å². The minimum absolute atomic E-state index is 0.0258. The molecule has 0 aliphatic carbocycles. The van der Waals surface area contributed by atoms with Gasteiger partial charge < -0.3 is 19.2 Å². The van der Waals surface area contributed by atoms with Gasteiger partial charge in [0, 0.05) is 6.26 Å². The SMILES string of the molecule is CCOc1cc(C(CS(C)(=O)=O)N2C(=O)c3cccc(NC(=O)c4ccco4)c3C2=O)ccc1OC. The number of amides is 3. The normalized spacial score (nSPS) is 13.9. The van der Waals surface area contributed by atoms with Crippen LogP contribution in [-0.4, -0.2) is 56.8 Å². The summed E-state index contributed by atoms with van der Waals surface area (Å²) in [5.41, 5.74) is 0.506. The van der Waals surface area contributed by atoms with E-state index < -0.39 is 39.4 Å². The first-order valence-electron chi connectivity index (χ1n) is 11.0. The van der Waals surface area contributed by atoms with Crippen LogP contribution < -0.4 is 14.8 Å². The average Bonchev–Trinajstić information content (AvgIpc) is 3.45. The summed E-state index contributed by atoms with van der Waals surface area (Å²) in [7, 11) is -2.18. The van der Waals surface area contributed by atoms with Crippen LogP contribution in [0.1, 0.15) is 49.8 Å². The van der Waals surface area contributed by atoms with Gasteiger partial charge in [0.15, 0.2) is 17.3 Å². The first kappa shape index (κ1) is 25.0. The summed E-state index contributed by atoms with van der Waals surface area (Å²) in [5.74, 6) is -1.72. The van der Waals surface area contributed by atoms with Gasteiger partial charge in [-0.05, 0) is 48.9 Å². The number of ether oxygens (including phenoxy) is 2. The number of nitrogens with zero attached hydrogens (tertiary/aromatic N) is 1. The van der Waals surface area contributed by atoms with Gasteiger partial charge in [-0.3, -0.25) is 19.3 Å². The third-order valence-electron chi connectivity index (χ3n) is 5.58. The zero-order valence-corrected chi connectivity index (χ0v) is 20.6. The van der Waals surface area contributed by atoms with Crippen LogP contribution in [0.3, 0.4) is 0 Å². The number of furan rings is 1. The van der Waals surface area contributed by atoms with Crippen LogP contribution in [0.4, 0.5) is 5.69 Å². The Morgan fingerprint density at radius 1 is 1.08 bits per heavy atom. The van der Waals surface area contributed by atoms with E-state index in [1.54, 1.807) is 31.2 Å². The summed E-state index contributed by atoms with van der Waals surface area (Å²) in [6, 6.07) is 11.0. The molecule has 3 amide bonds. The molecule has 2 heterocycles. The lowest BCUT2D eigenvalue weighted by Crippen LogP contribution is -2.37. The van der Waals surface area contributed by atoms with Gasteiger partial charge in [0.05, 0.1) is 48.6 Å². The van der Waals surface area contributed by atoms with Crippen LogP contribution >= 0.6 is 0 Å². The minimum atomic E-state index is -3.64. The highest BCUT2D eigenvalue weighted by molar-refractivity contribution is 7.90. The van der Waals surface area contributed by atoms with E-state index in [4.69, 9.17) is 13.9 Å². The maximum absolute atomic E-state index is 13.6. The maximum atomic E-state index is 13.6. The number of benzene rings is 2. The van der Waals surface area contributed by atoms with Crippen LogP contribution in [-0.2, 0) is 9.84 Å². The fraction of sp³-hybridized carbons (Fsp3) is 0.240. The third kappa shape index (κ3) is 4.82. The number of anilines is 1. The fourth-order valence-corrected chi connectivity index (χ4v) is 4.97. The molecule has 188 valence electrons. The fourth-order valence-electron chi connectivity index (χ4n) is 4.06. The molecule has 1 aromatic heterocycles. The summed E-state index contributed by atoms with van der Waals surface area (Å²) in [5, 5.41) is 2.60. The number of methoxy groups -OCH3 is 1. The Hall–Kier alpha value is -4.12. The Balaban J connectivity index is 1.76. The van der Waals surface area contributed by atoms with E-state index in [-0.39, 0.29) is 22.6 Å². The van der Waals surface area contributed by atoms with E-state index in [1.807, 2.05) is 0 Å². The second-order valence-electron chi connectivity index (χ2n) is 8.09. The molecule has 1 atom stereocenters. The van der Waals surface area contributed by atoms with Crippen LogP contribution in [0, 0.1) is 0 Å². The molecule has 4 rings (SSSR count). The van der Waals surface area contributed by atoms with E-state index in [9.17, 15) is 22.8 Å². The van der Waals surface area contributed by atoms with E-state index in [2.05, 4.69) is 5.32 Å². The summed E-state index contributed by atoms with van der Waals surface area (Å²) in [4.78, 5) is 40.5. The average molecular weight is 513 g/mol. The number of carbonyl (C=O) groups is 3. The Morgan fingerprint density at radius 2 is 1.86 bits per heavy atom. The molecule has 0 saturated heterocycles. The van der Waals surface area contributed by atoms with Gasteiger partial charge in [-0.25, -0.2) is 8.42 Å². The van der Waals surface area contributed by atoms with E-state index in [0.717, 1.165) is 11.2 Å². The highest BCUT2D eigenvalue weighted by Gasteiger charge is 2.43. The maximum Gasteiger partial charge on any atom is 0.291 e. The summed E-state index contributed by atoms with van der Waals surface area (Å²) in [6.45, 7) is 2.10. The van der Waals surface area contributed by atoms with Crippen LogP contribution in [0.15, 0.2) is 59.2 Å². The molecule has 0 radical (unpaired) electrons. The Bertz CT molecular complexity index is 1430. The second-order valence-corrected chi connectivity index (χ2v) is 10.3. The largest absolute Gasteiger partial charge is 0.493 e. The van der Waals surface area contributed by atoms with Crippen molar-refractivity contribution in [3.05, 3.63) is 77.2 Å². The van der Waals surface area contributed by atoms with Crippen LogP contribution in [0.5, 0.6) is 11.5 Å². The molecule has 0 fully saturated rings. The van der Waals surface area contributed by atoms with Gasteiger partial charge in [-0.2, -0.15) is 0 Å². The molecule has 2 aromatic carbocycles. The van der Waals surface area contributed by atoms with Gasteiger partial charge >= 0.3 is 0 Å². The molecule has 0 spiro atoms. The minimum Gasteiger partial charge on any atom is -0.493 e. The topological polar surface area (TPSA) is 132 Å². The van der Waals surface area contributed by atoms with Crippen molar-refractivity contribution in [2.45, 2.75) is 13.0 Å². The molecule has 36 heavy (non-hydrogen) atoms. The van der Waals surface area contributed by atoms with Crippen molar-refractivity contribution in [3.63, 3.8) is 0 Å². The molecule has 1 aliphatic rings. The number of carbonyl (C=O) groups excluding carboxylic acids is 3. The second kappa shape index (κ2) is 9.86. The molecule has 1 aliphatic heterocycles. The molecule has 0 saturated carbocycles. The number of hydrogen-bond donors (Lipinski definition) is 1. The lowest BCUT2D eigenvalue weighted by molar-refractivity contribution is 0.0597. The summed E-state index contributed by atoms with van der Waals surface area (Å²) >= 11 is 0. The lowest BCUT2D eigenvalue weighted by atomic mass is 10.1. The van der Waals surface area contributed by atoms with Crippen molar-refractivity contribution in [2.24, 2.45) is 0 Å². The quantitative estimate of drug-likeness (QED) is 0.432. The van der Waals surface area contributed by atoms with Crippen molar-refractivity contribution in [1.29, 1.82) is 0 Å². The number of imide groups is 1. The van der Waals surface area contributed by atoms with Crippen molar-refractivity contribution < 1.29 is 36.7 Å². The van der Waals surface area contributed by atoms with Gasteiger partial charge in [0.2, 0.25) is 0 Å². The smallest absolute Gasteiger partial charge is 0.291 e. The molecule has 1 unspecified atom stereocenters. The highest BCUT2D eigenvalue weighted by atomic mass is 32.2. The van der Waals surface area contributed by atoms with Gasteiger partial charge in [-0.1, -0.05) is 12.1 Å². The number of nitrogens with one attached hydrogen (secondary N) is 1. The van der Waals surface area contributed by atoms with Gasteiger partial charge in [0.25, 0.3) is 17.7 Å². The number of rotatable bonds is 9. The Labute approximate surface area is 207 Å². The van der Waals surface area contributed by atoms with Crippen molar-refractivity contribution in [2.75, 3.05) is 31.0 Å². The zero-order valence-electron chi connectivity index (χ0n) is 19.8. The molecular weight excluding hydrogens is 488 g/mol. The predicted octanol–water partition coefficient (Wildman–Crippen LogP) is 3.32. The highest BCUT2D eigenvalue weighted by Crippen LogP contribution is 2.38. The van der Waals surface area contributed by atoms with Gasteiger partial charge in [-0.15, -0.1) is 0 Å².